The molecule has 6 heteroatoms. The quantitative estimate of drug-likeness (QED) is 0.0262. The van der Waals surface area contributed by atoms with Crippen molar-refractivity contribution in [3.8, 4) is 0 Å². The molecule has 0 aliphatic rings. The lowest BCUT2D eigenvalue weighted by Crippen LogP contribution is -2.30. The number of carbonyl (C=O) groups is 3. The van der Waals surface area contributed by atoms with Gasteiger partial charge in [-0.15, -0.1) is 0 Å². The van der Waals surface area contributed by atoms with Crippen molar-refractivity contribution in [1.82, 2.24) is 0 Å². The van der Waals surface area contributed by atoms with Crippen molar-refractivity contribution < 1.29 is 28.6 Å². The zero-order valence-electron chi connectivity index (χ0n) is 42.8. The van der Waals surface area contributed by atoms with E-state index in [4.69, 9.17) is 14.2 Å². The standard InChI is InChI=1S/C58H106O6/c1-4-7-10-13-16-19-22-25-28-31-33-36-39-42-45-48-51-57(60)63-54-55(64-58(61)52-49-46-43-40-37-34-30-27-24-21-18-15-12-9-6-3)53-62-56(59)50-47-44-41-38-35-32-29-26-23-20-17-14-11-8-5-2/h9,12,18,21,27,30,55H,4-8,10-11,13-17,19-20,22-26,28-29,31-54H2,1-3H3/b12-9+,21-18+,30-27+/t55-/m1/s1. The predicted octanol–water partition coefficient (Wildman–Crippen LogP) is 18.5. The summed E-state index contributed by atoms with van der Waals surface area (Å²) >= 11 is 0. The molecule has 0 aliphatic carbocycles. The Kier molecular flexibility index (Phi) is 51.3. The third kappa shape index (κ3) is 50.6. The molecule has 0 aliphatic heterocycles. The Bertz CT molecular complexity index is 1080. The molecule has 0 fully saturated rings. The highest BCUT2D eigenvalue weighted by atomic mass is 16.6. The van der Waals surface area contributed by atoms with Crippen LogP contribution in [-0.2, 0) is 28.6 Å². The van der Waals surface area contributed by atoms with E-state index >= 15 is 0 Å². The van der Waals surface area contributed by atoms with Crippen LogP contribution in [0.2, 0.25) is 0 Å². The molecule has 0 aromatic carbocycles. The molecule has 0 unspecified atom stereocenters. The molecule has 0 radical (unpaired) electrons. The van der Waals surface area contributed by atoms with Crippen molar-refractivity contribution in [3.05, 3.63) is 36.5 Å². The lowest BCUT2D eigenvalue weighted by atomic mass is 10.0. The first kappa shape index (κ1) is 61.6. The molecule has 64 heavy (non-hydrogen) atoms. The Morgan fingerprint density at radius 3 is 0.953 bits per heavy atom. The molecule has 0 bridgehead atoms. The van der Waals surface area contributed by atoms with Crippen molar-refractivity contribution in [1.29, 1.82) is 0 Å². The fourth-order valence-electron chi connectivity index (χ4n) is 8.22. The van der Waals surface area contributed by atoms with Gasteiger partial charge in [0.2, 0.25) is 0 Å². The van der Waals surface area contributed by atoms with Crippen LogP contribution in [0.4, 0.5) is 0 Å². The summed E-state index contributed by atoms with van der Waals surface area (Å²) in [7, 11) is 0. The van der Waals surface area contributed by atoms with Gasteiger partial charge in [-0.3, -0.25) is 14.4 Å². The Morgan fingerprint density at radius 2 is 0.609 bits per heavy atom. The average molecular weight is 899 g/mol. The molecule has 0 amide bonds. The lowest BCUT2D eigenvalue weighted by Gasteiger charge is -2.18. The summed E-state index contributed by atoms with van der Waals surface area (Å²) in [6.45, 7) is 6.56. The first-order chi connectivity index (χ1) is 31.5. The first-order valence-corrected chi connectivity index (χ1v) is 28.0. The normalized spacial score (nSPS) is 12.2. The number of hydrogen-bond acceptors (Lipinski definition) is 6. The minimum absolute atomic E-state index is 0.0745. The maximum Gasteiger partial charge on any atom is 0.306 e. The summed E-state index contributed by atoms with van der Waals surface area (Å²) in [6.07, 6.45) is 62.7. The zero-order valence-corrected chi connectivity index (χ0v) is 42.8. The van der Waals surface area contributed by atoms with Crippen LogP contribution in [0.15, 0.2) is 36.5 Å². The summed E-state index contributed by atoms with van der Waals surface area (Å²) in [4.78, 5) is 38.1. The maximum absolute atomic E-state index is 12.8. The minimum Gasteiger partial charge on any atom is -0.462 e. The molecule has 0 aromatic heterocycles. The molecule has 0 spiro atoms. The molecular weight excluding hydrogens is 793 g/mol. The van der Waals surface area contributed by atoms with Gasteiger partial charge in [-0.2, -0.15) is 0 Å². The Balaban J connectivity index is 4.35. The summed E-state index contributed by atoms with van der Waals surface area (Å²) in [5.74, 6) is -0.874. The highest BCUT2D eigenvalue weighted by Crippen LogP contribution is 2.17. The van der Waals surface area contributed by atoms with Gasteiger partial charge in [0, 0.05) is 19.3 Å². The molecule has 0 rings (SSSR count). The van der Waals surface area contributed by atoms with Crippen LogP contribution in [0.3, 0.4) is 0 Å². The van der Waals surface area contributed by atoms with Crippen molar-refractivity contribution in [2.24, 2.45) is 0 Å². The Labute approximate surface area is 397 Å². The van der Waals surface area contributed by atoms with Crippen LogP contribution in [-0.4, -0.2) is 37.2 Å². The van der Waals surface area contributed by atoms with E-state index in [2.05, 4.69) is 57.2 Å². The third-order valence-corrected chi connectivity index (χ3v) is 12.4. The van der Waals surface area contributed by atoms with Gasteiger partial charge in [0.05, 0.1) is 0 Å². The second-order valence-corrected chi connectivity index (χ2v) is 18.8. The summed E-state index contributed by atoms with van der Waals surface area (Å²) in [5, 5.41) is 0. The monoisotopic (exact) mass is 899 g/mol. The molecule has 6 nitrogen and oxygen atoms in total. The highest BCUT2D eigenvalue weighted by molar-refractivity contribution is 5.71. The molecule has 1 atom stereocenters. The maximum atomic E-state index is 12.8. The van der Waals surface area contributed by atoms with E-state index in [1.807, 2.05) is 0 Å². The second-order valence-electron chi connectivity index (χ2n) is 18.8. The number of ether oxygens (including phenoxy) is 3. The van der Waals surface area contributed by atoms with E-state index in [1.165, 1.54) is 161 Å². The Hall–Kier alpha value is -2.37. The molecule has 0 saturated carbocycles. The predicted molar refractivity (Wildman–Crippen MR) is 275 cm³/mol. The van der Waals surface area contributed by atoms with Gasteiger partial charge >= 0.3 is 17.9 Å². The summed E-state index contributed by atoms with van der Waals surface area (Å²) < 4.78 is 16.9. The second kappa shape index (κ2) is 53.2. The van der Waals surface area contributed by atoms with Gasteiger partial charge in [-0.05, 0) is 51.4 Å². The van der Waals surface area contributed by atoms with Crippen LogP contribution in [0.5, 0.6) is 0 Å². The van der Waals surface area contributed by atoms with E-state index in [9.17, 15) is 14.4 Å². The first-order valence-electron chi connectivity index (χ1n) is 28.0. The van der Waals surface area contributed by atoms with Gasteiger partial charge in [-0.25, -0.2) is 0 Å². The van der Waals surface area contributed by atoms with Crippen LogP contribution < -0.4 is 0 Å². The van der Waals surface area contributed by atoms with Gasteiger partial charge in [-0.1, -0.05) is 263 Å². The largest absolute Gasteiger partial charge is 0.462 e. The van der Waals surface area contributed by atoms with E-state index in [0.29, 0.717) is 19.3 Å². The topological polar surface area (TPSA) is 78.9 Å². The number of carbonyl (C=O) groups excluding carboxylic acids is 3. The molecule has 374 valence electrons. The number of unbranched alkanes of at least 4 members (excludes halogenated alkanes) is 34. The number of esters is 3. The van der Waals surface area contributed by atoms with Crippen LogP contribution in [0.1, 0.15) is 297 Å². The molecule has 0 heterocycles. The van der Waals surface area contributed by atoms with E-state index in [1.54, 1.807) is 0 Å². The van der Waals surface area contributed by atoms with Gasteiger partial charge < -0.3 is 14.2 Å². The molecule has 0 saturated heterocycles. The fraction of sp³-hybridized carbons (Fsp3) is 0.845. The van der Waals surface area contributed by atoms with Crippen molar-refractivity contribution in [3.63, 3.8) is 0 Å². The van der Waals surface area contributed by atoms with Crippen LogP contribution >= 0.6 is 0 Å². The SMILES string of the molecule is CC/C=C/C/C=C/C/C=C/CCCCCCCC(=O)O[C@H](COC(=O)CCCCCCCCCCCCCCCCC)COC(=O)CCCCCCCCCCCCCCCCCC. The zero-order chi connectivity index (χ0) is 46.5. The molecular formula is C58H106O6. The number of rotatable bonds is 51. The van der Waals surface area contributed by atoms with Gasteiger partial charge in [0.25, 0.3) is 0 Å². The van der Waals surface area contributed by atoms with Crippen LogP contribution in [0, 0.1) is 0 Å². The van der Waals surface area contributed by atoms with E-state index in [-0.39, 0.29) is 31.1 Å². The van der Waals surface area contributed by atoms with Gasteiger partial charge in [0.1, 0.15) is 13.2 Å². The van der Waals surface area contributed by atoms with E-state index in [0.717, 1.165) is 96.3 Å². The fourth-order valence-corrected chi connectivity index (χ4v) is 8.22. The van der Waals surface area contributed by atoms with Gasteiger partial charge in [0.15, 0.2) is 6.10 Å². The van der Waals surface area contributed by atoms with Crippen molar-refractivity contribution >= 4 is 17.9 Å². The van der Waals surface area contributed by atoms with Crippen molar-refractivity contribution in [2.75, 3.05) is 13.2 Å². The molecule has 0 N–H and O–H groups in total. The summed E-state index contributed by atoms with van der Waals surface area (Å²) in [5.41, 5.74) is 0. The Morgan fingerprint density at radius 1 is 0.328 bits per heavy atom. The van der Waals surface area contributed by atoms with Crippen LogP contribution in [0.25, 0.3) is 0 Å². The molecule has 0 aromatic rings. The van der Waals surface area contributed by atoms with Crippen molar-refractivity contribution in [2.45, 2.75) is 303 Å². The highest BCUT2D eigenvalue weighted by Gasteiger charge is 2.19. The third-order valence-electron chi connectivity index (χ3n) is 12.4. The smallest absolute Gasteiger partial charge is 0.306 e. The van der Waals surface area contributed by atoms with E-state index < -0.39 is 6.10 Å². The minimum atomic E-state index is -0.776. The summed E-state index contributed by atoms with van der Waals surface area (Å²) in [6, 6.07) is 0. The number of hydrogen-bond donors (Lipinski definition) is 0. The lowest BCUT2D eigenvalue weighted by molar-refractivity contribution is -0.167. The number of allylic oxidation sites excluding steroid dienone is 6. The average Bonchev–Trinajstić information content (AvgIpc) is 3.29.